The van der Waals surface area contributed by atoms with E-state index in [0.717, 1.165) is 41.5 Å². The van der Waals surface area contributed by atoms with Crippen LogP contribution < -0.4 is 5.01 Å². The van der Waals surface area contributed by atoms with Crippen LogP contribution in [0.15, 0.2) is 69.8 Å². The summed E-state index contributed by atoms with van der Waals surface area (Å²) in [6.45, 7) is 7.34. The summed E-state index contributed by atoms with van der Waals surface area (Å²) < 4.78 is 1.11. The highest BCUT2D eigenvalue weighted by Crippen LogP contribution is 2.67. The van der Waals surface area contributed by atoms with Crippen LogP contribution in [-0.2, 0) is 0 Å². The summed E-state index contributed by atoms with van der Waals surface area (Å²) >= 11 is 3.62. The first kappa shape index (κ1) is 26.0. The van der Waals surface area contributed by atoms with Crippen LogP contribution in [0.5, 0.6) is 0 Å². The first-order chi connectivity index (χ1) is 18.8. The Balaban J connectivity index is 1.19. The standard InChI is InChI=1S/C35H43BrN2O/c1-22-4-6-23(7-5-22)33-21-32(37-38(33)26-11-9-25(36)10-12-26)31-15-14-29-28-13-8-24-20-27(39)16-18-34(24,2)30(28)17-19-35(29,31)3/h4-12,27-31,33,39H,13-21H2,1-3H3/t27-,28-,29-,30-,31+,33?,34-,35-/m0/s1. The number of hydrazone groups is 1. The van der Waals surface area contributed by atoms with Crippen molar-refractivity contribution in [3.63, 3.8) is 0 Å². The molecule has 1 unspecified atom stereocenters. The molecule has 0 radical (unpaired) electrons. The Labute approximate surface area is 242 Å². The molecule has 1 aliphatic heterocycles. The highest BCUT2D eigenvalue weighted by Gasteiger charge is 2.59. The van der Waals surface area contributed by atoms with E-state index in [1.54, 1.807) is 5.57 Å². The molecule has 1 N–H and O–H groups in total. The van der Waals surface area contributed by atoms with Crippen LogP contribution in [-0.4, -0.2) is 16.9 Å². The maximum Gasteiger partial charge on any atom is 0.0828 e. The van der Waals surface area contributed by atoms with Gasteiger partial charge in [0.1, 0.15) is 0 Å². The number of rotatable bonds is 3. The molecule has 0 spiro atoms. The monoisotopic (exact) mass is 586 g/mol. The lowest BCUT2D eigenvalue weighted by Gasteiger charge is -2.58. The molecule has 0 saturated heterocycles. The summed E-state index contributed by atoms with van der Waals surface area (Å²) in [6, 6.07) is 18.1. The van der Waals surface area contributed by atoms with Gasteiger partial charge in [0.05, 0.1) is 17.8 Å². The molecule has 39 heavy (non-hydrogen) atoms. The Bertz CT molecular complexity index is 1300. The van der Waals surface area contributed by atoms with Crippen molar-refractivity contribution in [3.05, 3.63) is 75.8 Å². The number of nitrogens with zero attached hydrogens (tertiary/aromatic N) is 2. The highest BCUT2D eigenvalue weighted by molar-refractivity contribution is 9.10. The fourth-order valence-electron chi connectivity index (χ4n) is 9.81. The zero-order chi connectivity index (χ0) is 26.9. The first-order valence-electron chi connectivity index (χ1n) is 15.3. The molecule has 4 aliphatic carbocycles. The van der Waals surface area contributed by atoms with E-state index in [4.69, 9.17) is 5.10 Å². The third-order valence-corrected chi connectivity index (χ3v) is 12.5. The quantitative estimate of drug-likeness (QED) is 0.364. The number of hydrogen-bond donors (Lipinski definition) is 1. The SMILES string of the molecule is Cc1ccc(C2CC([C@H]3CC[C@H]4[C@@H]5CC=C6C[C@@H](O)CC[C@]6(C)[C@H]5CC[C@]34C)=NN2c2ccc(Br)cc2)cc1. The largest absolute Gasteiger partial charge is 0.393 e. The summed E-state index contributed by atoms with van der Waals surface area (Å²) in [4.78, 5) is 0. The molecule has 5 aliphatic rings. The molecule has 3 fully saturated rings. The molecule has 0 bridgehead atoms. The van der Waals surface area contributed by atoms with Gasteiger partial charge in [-0.05, 0) is 117 Å². The molecule has 3 saturated carbocycles. The summed E-state index contributed by atoms with van der Waals surface area (Å²) in [5, 5.41) is 18.2. The number of anilines is 1. The van der Waals surface area contributed by atoms with Gasteiger partial charge < -0.3 is 5.11 Å². The molecule has 1 heterocycles. The number of aliphatic hydroxyl groups excluding tert-OH is 1. The van der Waals surface area contributed by atoms with Crippen LogP contribution in [0.25, 0.3) is 0 Å². The van der Waals surface area contributed by atoms with Gasteiger partial charge in [-0.25, -0.2) is 0 Å². The molecular formula is C35H43BrN2O. The lowest BCUT2D eigenvalue weighted by atomic mass is 9.47. The molecule has 2 aromatic rings. The van der Waals surface area contributed by atoms with Gasteiger partial charge in [0, 0.05) is 22.5 Å². The minimum atomic E-state index is -0.124. The van der Waals surface area contributed by atoms with E-state index < -0.39 is 0 Å². The van der Waals surface area contributed by atoms with Crippen LogP contribution in [0, 0.1) is 41.4 Å². The molecule has 4 heteroatoms. The number of allylic oxidation sites excluding steroid dienone is 1. The number of aliphatic hydroxyl groups is 1. The van der Waals surface area contributed by atoms with Gasteiger partial charge in [-0.2, -0.15) is 5.10 Å². The van der Waals surface area contributed by atoms with E-state index in [1.807, 2.05) is 0 Å². The van der Waals surface area contributed by atoms with E-state index in [-0.39, 0.29) is 12.1 Å². The zero-order valence-electron chi connectivity index (χ0n) is 23.7. The van der Waals surface area contributed by atoms with Crippen LogP contribution in [0.4, 0.5) is 5.69 Å². The van der Waals surface area contributed by atoms with E-state index in [0.29, 0.717) is 16.7 Å². The molecule has 8 atom stereocenters. The number of halogens is 1. The average molecular weight is 588 g/mol. The Morgan fingerprint density at radius 3 is 2.44 bits per heavy atom. The van der Waals surface area contributed by atoms with Crippen LogP contribution in [0.2, 0.25) is 0 Å². The third-order valence-electron chi connectivity index (χ3n) is 12.0. The molecule has 7 rings (SSSR count). The molecule has 206 valence electrons. The van der Waals surface area contributed by atoms with E-state index in [1.165, 1.54) is 61.1 Å². The van der Waals surface area contributed by atoms with E-state index in [9.17, 15) is 5.11 Å². The maximum atomic E-state index is 10.4. The van der Waals surface area contributed by atoms with Crippen molar-refractivity contribution in [2.24, 2.45) is 39.6 Å². The van der Waals surface area contributed by atoms with Crippen LogP contribution in [0.3, 0.4) is 0 Å². The van der Waals surface area contributed by atoms with Gasteiger partial charge in [0.2, 0.25) is 0 Å². The predicted octanol–water partition coefficient (Wildman–Crippen LogP) is 9.00. The molecular weight excluding hydrogens is 544 g/mol. The minimum Gasteiger partial charge on any atom is -0.393 e. The Morgan fingerprint density at radius 1 is 0.897 bits per heavy atom. The van der Waals surface area contributed by atoms with Gasteiger partial charge >= 0.3 is 0 Å². The summed E-state index contributed by atoms with van der Waals surface area (Å²) in [5.74, 6) is 2.93. The normalized spacial score (nSPS) is 39.5. The second-order valence-electron chi connectivity index (χ2n) is 13.9. The smallest absolute Gasteiger partial charge is 0.0828 e. The first-order valence-corrected chi connectivity index (χ1v) is 16.1. The van der Waals surface area contributed by atoms with Gasteiger partial charge in [0.25, 0.3) is 0 Å². The maximum absolute atomic E-state index is 10.4. The summed E-state index contributed by atoms with van der Waals surface area (Å²) in [6.07, 6.45) is 13.0. The predicted molar refractivity (Wildman–Crippen MR) is 164 cm³/mol. The van der Waals surface area contributed by atoms with Gasteiger partial charge in [-0.15, -0.1) is 0 Å². The van der Waals surface area contributed by atoms with Crippen molar-refractivity contribution >= 4 is 27.3 Å². The number of aryl methyl sites for hydroxylation is 1. The number of fused-ring (bicyclic) bond motifs is 5. The van der Waals surface area contributed by atoms with E-state index in [2.05, 4.69) is 96.3 Å². The van der Waals surface area contributed by atoms with Crippen molar-refractivity contribution in [2.45, 2.75) is 90.7 Å². The van der Waals surface area contributed by atoms with Crippen molar-refractivity contribution in [1.29, 1.82) is 0 Å². The topological polar surface area (TPSA) is 35.8 Å². The molecule has 3 nitrogen and oxygen atoms in total. The lowest BCUT2D eigenvalue weighted by Crippen LogP contribution is -2.51. The van der Waals surface area contributed by atoms with Gasteiger partial charge in [-0.3, -0.25) is 5.01 Å². The minimum absolute atomic E-state index is 0.124. The fourth-order valence-corrected chi connectivity index (χ4v) is 10.1. The van der Waals surface area contributed by atoms with Gasteiger partial charge in [-0.1, -0.05) is 71.3 Å². The second-order valence-corrected chi connectivity index (χ2v) is 14.8. The molecule has 0 aromatic heterocycles. The van der Waals surface area contributed by atoms with Crippen LogP contribution >= 0.6 is 15.9 Å². The van der Waals surface area contributed by atoms with Crippen molar-refractivity contribution in [1.82, 2.24) is 0 Å². The van der Waals surface area contributed by atoms with Crippen LogP contribution in [0.1, 0.15) is 88.8 Å². The molecule has 2 aromatic carbocycles. The fraction of sp³-hybridized carbons (Fsp3) is 0.571. The lowest BCUT2D eigenvalue weighted by molar-refractivity contribution is -0.0424. The Kier molecular flexibility index (Phi) is 6.39. The van der Waals surface area contributed by atoms with Crippen molar-refractivity contribution in [3.8, 4) is 0 Å². The van der Waals surface area contributed by atoms with Crippen molar-refractivity contribution < 1.29 is 5.11 Å². The molecule has 0 amide bonds. The average Bonchev–Trinajstić information content (AvgIpc) is 3.51. The Morgan fingerprint density at radius 2 is 1.67 bits per heavy atom. The van der Waals surface area contributed by atoms with Gasteiger partial charge in [0.15, 0.2) is 0 Å². The number of benzene rings is 2. The van der Waals surface area contributed by atoms with Crippen molar-refractivity contribution in [2.75, 3.05) is 5.01 Å². The zero-order valence-corrected chi connectivity index (χ0v) is 25.3. The Hall–Kier alpha value is -1.91. The summed E-state index contributed by atoms with van der Waals surface area (Å²) in [7, 11) is 0. The van der Waals surface area contributed by atoms with E-state index >= 15 is 0 Å². The highest BCUT2D eigenvalue weighted by atomic mass is 79.9. The summed E-state index contributed by atoms with van der Waals surface area (Å²) in [5.41, 5.74) is 7.51. The number of hydrogen-bond acceptors (Lipinski definition) is 3. The third kappa shape index (κ3) is 4.19. The second kappa shape index (κ2) is 9.58.